The first-order chi connectivity index (χ1) is 11.7. The SMILES string of the molecule is COc1cc2c(c(OC)c1)[C@@H](c1ccc3c(c1)OCO3)CC(=O)N2. The average molecular weight is 327 g/mol. The first-order valence-corrected chi connectivity index (χ1v) is 7.65. The van der Waals surface area contributed by atoms with Crippen LogP contribution in [0.2, 0.25) is 0 Å². The number of anilines is 1. The molecule has 1 atom stereocenters. The smallest absolute Gasteiger partial charge is 0.231 e. The van der Waals surface area contributed by atoms with Gasteiger partial charge in [-0.3, -0.25) is 4.79 Å². The lowest BCUT2D eigenvalue weighted by Crippen LogP contribution is -2.24. The molecule has 0 unspecified atom stereocenters. The van der Waals surface area contributed by atoms with E-state index in [0.29, 0.717) is 29.4 Å². The topological polar surface area (TPSA) is 66.0 Å². The molecule has 2 heterocycles. The summed E-state index contributed by atoms with van der Waals surface area (Å²) in [6.07, 6.45) is 0.343. The van der Waals surface area contributed by atoms with Gasteiger partial charge in [-0.1, -0.05) is 6.07 Å². The quantitative estimate of drug-likeness (QED) is 0.939. The van der Waals surface area contributed by atoms with Gasteiger partial charge < -0.3 is 24.3 Å². The molecular weight excluding hydrogens is 310 g/mol. The number of fused-ring (bicyclic) bond motifs is 2. The fraction of sp³-hybridized carbons (Fsp3) is 0.278. The molecule has 1 N–H and O–H groups in total. The van der Waals surface area contributed by atoms with Crippen molar-refractivity contribution in [3.8, 4) is 23.0 Å². The summed E-state index contributed by atoms with van der Waals surface area (Å²) < 4.78 is 21.7. The molecule has 4 rings (SSSR count). The Morgan fingerprint density at radius 3 is 2.71 bits per heavy atom. The molecule has 24 heavy (non-hydrogen) atoms. The number of benzene rings is 2. The lowest BCUT2D eigenvalue weighted by Gasteiger charge is -2.28. The molecule has 2 aromatic rings. The van der Waals surface area contributed by atoms with Crippen molar-refractivity contribution in [1.82, 2.24) is 0 Å². The normalized spacial score (nSPS) is 17.9. The summed E-state index contributed by atoms with van der Waals surface area (Å²) in [5.74, 6) is 2.59. The standard InChI is InChI=1S/C18H17NO5/c1-21-11-6-13-18(16(7-11)22-2)12(8-17(20)19-13)10-3-4-14-15(5-10)24-9-23-14/h3-7,12H,8-9H2,1-2H3,(H,19,20)/t12-/m1/s1. The van der Waals surface area contributed by atoms with Crippen molar-refractivity contribution in [1.29, 1.82) is 0 Å². The fourth-order valence-corrected chi connectivity index (χ4v) is 3.25. The number of methoxy groups -OCH3 is 2. The van der Waals surface area contributed by atoms with Crippen molar-refractivity contribution in [2.75, 3.05) is 26.3 Å². The molecule has 0 saturated heterocycles. The molecule has 0 aromatic heterocycles. The first kappa shape index (κ1) is 14.7. The van der Waals surface area contributed by atoms with Crippen molar-refractivity contribution in [3.05, 3.63) is 41.5 Å². The zero-order valence-corrected chi connectivity index (χ0v) is 13.4. The van der Waals surface area contributed by atoms with Gasteiger partial charge in [0, 0.05) is 30.0 Å². The second-order valence-electron chi connectivity index (χ2n) is 5.71. The number of ether oxygens (including phenoxy) is 4. The number of rotatable bonds is 3. The number of nitrogens with one attached hydrogen (secondary N) is 1. The maximum Gasteiger partial charge on any atom is 0.231 e. The Bertz CT molecular complexity index is 817. The summed E-state index contributed by atoms with van der Waals surface area (Å²) in [5, 5.41) is 2.91. The van der Waals surface area contributed by atoms with Crippen LogP contribution in [0.5, 0.6) is 23.0 Å². The molecule has 2 aliphatic heterocycles. The molecule has 0 spiro atoms. The maximum absolute atomic E-state index is 12.2. The third-order valence-corrected chi connectivity index (χ3v) is 4.38. The van der Waals surface area contributed by atoms with E-state index in [1.165, 1.54) is 0 Å². The molecular formula is C18H17NO5. The lowest BCUT2D eigenvalue weighted by molar-refractivity contribution is -0.116. The average Bonchev–Trinajstić information content (AvgIpc) is 3.07. The summed E-state index contributed by atoms with van der Waals surface area (Å²) >= 11 is 0. The highest BCUT2D eigenvalue weighted by Gasteiger charge is 2.31. The zero-order valence-electron chi connectivity index (χ0n) is 13.4. The molecule has 0 radical (unpaired) electrons. The van der Waals surface area contributed by atoms with Crippen LogP contribution >= 0.6 is 0 Å². The van der Waals surface area contributed by atoms with Crippen LogP contribution in [-0.2, 0) is 4.79 Å². The van der Waals surface area contributed by atoms with Crippen molar-refractivity contribution < 1.29 is 23.7 Å². The summed E-state index contributed by atoms with van der Waals surface area (Å²) in [5.41, 5.74) is 2.64. The van der Waals surface area contributed by atoms with E-state index in [0.717, 1.165) is 16.9 Å². The van der Waals surface area contributed by atoms with Gasteiger partial charge in [0.15, 0.2) is 11.5 Å². The molecule has 2 aliphatic rings. The molecule has 0 saturated carbocycles. The maximum atomic E-state index is 12.2. The van der Waals surface area contributed by atoms with E-state index >= 15 is 0 Å². The van der Waals surface area contributed by atoms with E-state index in [1.54, 1.807) is 14.2 Å². The van der Waals surface area contributed by atoms with E-state index in [-0.39, 0.29) is 18.6 Å². The highest BCUT2D eigenvalue weighted by Crippen LogP contribution is 2.46. The van der Waals surface area contributed by atoms with Crippen LogP contribution in [-0.4, -0.2) is 26.9 Å². The van der Waals surface area contributed by atoms with E-state index in [2.05, 4.69) is 5.32 Å². The summed E-state index contributed by atoms with van der Waals surface area (Å²) in [7, 11) is 3.20. The summed E-state index contributed by atoms with van der Waals surface area (Å²) in [4.78, 5) is 12.2. The Balaban J connectivity index is 1.85. The van der Waals surface area contributed by atoms with Crippen molar-refractivity contribution in [2.24, 2.45) is 0 Å². The predicted octanol–water partition coefficient (Wildman–Crippen LogP) is 2.91. The third-order valence-electron chi connectivity index (χ3n) is 4.38. The number of hydrogen-bond acceptors (Lipinski definition) is 5. The van der Waals surface area contributed by atoms with Gasteiger partial charge in [-0.2, -0.15) is 0 Å². The molecule has 0 fully saturated rings. The van der Waals surface area contributed by atoms with Crippen molar-refractivity contribution in [3.63, 3.8) is 0 Å². The number of carbonyl (C=O) groups is 1. The van der Waals surface area contributed by atoms with Gasteiger partial charge in [-0.05, 0) is 17.7 Å². The van der Waals surface area contributed by atoms with Crippen LogP contribution in [0.3, 0.4) is 0 Å². The molecule has 0 aliphatic carbocycles. The van der Waals surface area contributed by atoms with Gasteiger partial charge in [0.05, 0.1) is 19.9 Å². The molecule has 6 nitrogen and oxygen atoms in total. The Hall–Kier alpha value is -2.89. The molecule has 124 valence electrons. The van der Waals surface area contributed by atoms with Crippen molar-refractivity contribution >= 4 is 11.6 Å². The number of amides is 1. The fourth-order valence-electron chi connectivity index (χ4n) is 3.25. The zero-order chi connectivity index (χ0) is 16.7. The van der Waals surface area contributed by atoms with Gasteiger partial charge in [-0.15, -0.1) is 0 Å². The molecule has 6 heteroatoms. The Morgan fingerprint density at radius 2 is 1.92 bits per heavy atom. The van der Waals surface area contributed by atoms with E-state index in [1.807, 2.05) is 30.3 Å². The largest absolute Gasteiger partial charge is 0.497 e. The lowest BCUT2D eigenvalue weighted by atomic mass is 9.84. The Morgan fingerprint density at radius 1 is 1.08 bits per heavy atom. The van der Waals surface area contributed by atoms with Gasteiger partial charge in [0.25, 0.3) is 0 Å². The van der Waals surface area contributed by atoms with Gasteiger partial charge in [0.1, 0.15) is 11.5 Å². The van der Waals surface area contributed by atoms with Crippen molar-refractivity contribution in [2.45, 2.75) is 12.3 Å². The second kappa shape index (κ2) is 5.63. The van der Waals surface area contributed by atoms with Crippen LogP contribution in [0, 0.1) is 0 Å². The first-order valence-electron chi connectivity index (χ1n) is 7.65. The van der Waals surface area contributed by atoms with Crippen LogP contribution in [0.15, 0.2) is 30.3 Å². The summed E-state index contributed by atoms with van der Waals surface area (Å²) in [6.45, 7) is 0.223. The highest BCUT2D eigenvalue weighted by atomic mass is 16.7. The number of hydrogen-bond donors (Lipinski definition) is 1. The van der Waals surface area contributed by atoms with Crippen LogP contribution < -0.4 is 24.3 Å². The molecule has 1 amide bonds. The van der Waals surface area contributed by atoms with E-state index in [4.69, 9.17) is 18.9 Å². The number of carbonyl (C=O) groups excluding carboxylic acids is 1. The minimum absolute atomic E-state index is 0.0412. The highest BCUT2D eigenvalue weighted by molar-refractivity contribution is 5.96. The second-order valence-corrected chi connectivity index (χ2v) is 5.71. The van der Waals surface area contributed by atoms with Crippen LogP contribution in [0.25, 0.3) is 0 Å². The Labute approximate surface area is 139 Å². The summed E-state index contributed by atoms with van der Waals surface area (Å²) in [6, 6.07) is 9.41. The van der Waals surface area contributed by atoms with Gasteiger partial charge >= 0.3 is 0 Å². The molecule has 0 bridgehead atoms. The third kappa shape index (κ3) is 2.31. The predicted molar refractivity (Wildman–Crippen MR) is 87.2 cm³/mol. The minimum Gasteiger partial charge on any atom is -0.497 e. The van der Waals surface area contributed by atoms with E-state index < -0.39 is 0 Å². The van der Waals surface area contributed by atoms with Gasteiger partial charge in [0.2, 0.25) is 12.7 Å². The minimum atomic E-state index is -0.121. The monoisotopic (exact) mass is 327 g/mol. The molecule has 2 aromatic carbocycles. The van der Waals surface area contributed by atoms with E-state index in [9.17, 15) is 4.79 Å². The van der Waals surface area contributed by atoms with Crippen LogP contribution in [0.4, 0.5) is 5.69 Å². The Kier molecular flexibility index (Phi) is 3.45. The van der Waals surface area contributed by atoms with Gasteiger partial charge in [-0.25, -0.2) is 0 Å². The van der Waals surface area contributed by atoms with Crippen LogP contribution in [0.1, 0.15) is 23.5 Å².